The van der Waals surface area contributed by atoms with E-state index in [4.69, 9.17) is 11.6 Å². The minimum Gasteiger partial charge on any atom is -0.493 e. The summed E-state index contributed by atoms with van der Waals surface area (Å²) < 4.78 is 0.968. The second-order valence-corrected chi connectivity index (χ2v) is 6.62. The molecule has 3 aromatic rings. The molecule has 0 radical (unpaired) electrons. The lowest BCUT2D eigenvalue weighted by Crippen LogP contribution is -2.25. The van der Waals surface area contributed by atoms with Gasteiger partial charge >= 0.3 is 5.69 Å². The maximum atomic E-state index is 12.2. The smallest absolute Gasteiger partial charge is 0.329 e. The van der Waals surface area contributed by atoms with Gasteiger partial charge in [-0.05, 0) is 36.4 Å². The lowest BCUT2D eigenvalue weighted by Gasteiger charge is -2.06. The van der Waals surface area contributed by atoms with E-state index in [1.54, 1.807) is 36.6 Å². The molecule has 0 aliphatic carbocycles. The number of aromatic amines is 1. The molecule has 0 atom stereocenters. The predicted molar refractivity (Wildman–Crippen MR) is 109 cm³/mol. The first-order valence-corrected chi connectivity index (χ1v) is 8.81. The van der Waals surface area contributed by atoms with Crippen LogP contribution in [0.3, 0.4) is 0 Å². The van der Waals surface area contributed by atoms with E-state index in [1.807, 2.05) is 24.3 Å². The number of benzene rings is 2. The molecule has 0 saturated heterocycles. The van der Waals surface area contributed by atoms with Gasteiger partial charge in [-0.25, -0.2) is 4.79 Å². The Kier molecular flexibility index (Phi) is 4.58. The Balaban J connectivity index is 1.56. The van der Waals surface area contributed by atoms with Gasteiger partial charge in [0.1, 0.15) is 12.2 Å². The summed E-state index contributed by atoms with van der Waals surface area (Å²) in [7, 11) is 0. The number of imidazole rings is 1. The molecule has 1 aliphatic heterocycles. The molecule has 0 unspecified atom stereocenters. The van der Waals surface area contributed by atoms with Crippen LogP contribution in [0, 0.1) is 0 Å². The van der Waals surface area contributed by atoms with Gasteiger partial charge in [0.15, 0.2) is 0 Å². The Morgan fingerprint density at radius 3 is 2.75 bits per heavy atom. The van der Waals surface area contributed by atoms with Gasteiger partial charge in [0.2, 0.25) is 11.8 Å². The molecule has 2 aromatic carbocycles. The van der Waals surface area contributed by atoms with Crippen molar-refractivity contribution in [3.05, 3.63) is 75.3 Å². The van der Waals surface area contributed by atoms with E-state index in [1.165, 1.54) is 0 Å². The Morgan fingerprint density at radius 1 is 1.21 bits per heavy atom. The van der Waals surface area contributed by atoms with Crippen molar-refractivity contribution in [3.63, 3.8) is 0 Å². The molecular weight excluding hydrogens is 380 g/mol. The molecular formula is C20H15ClN4O3. The average molecular weight is 395 g/mol. The molecule has 1 amide bonds. The summed E-state index contributed by atoms with van der Waals surface area (Å²) in [6, 6.07) is 14.1. The quantitative estimate of drug-likeness (QED) is 0.632. The van der Waals surface area contributed by atoms with Gasteiger partial charge in [-0.2, -0.15) is 0 Å². The number of nitrogens with zero attached hydrogens (tertiary/aromatic N) is 2. The van der Waals surface area contributed by atoms with E-state index in [0.717, 1.165) is 21.4 Å². The molecule has 2 heterocycles. The van der Waals surface area contributed by atoms with Crippen LogP contribution in [-0.4, -0.2) is 26.8 Å². The van der Waals surface area contributed by atoms with Crippen LogP contribution in [0.5, 0.6) is 5.88 Å². The molecule has 0 saturated carbocycles. The van der Waals surface area contributed by atoms with Crippen molar-refractivity contribution in [3.8, 4) is 5.88 Å². The highest BCUT2D eigenvalue weighted by Gasteiger charge is 2.17. The van der Waals surface area contributed by atoms with E-state index in [2.05, 4.69) is 15.3 Å². The number of hydrogen-bond acceptors (Lipinski definition) is 4. The van der Waals surface area contributed by atoms with Gasteiger partial charge in [0, 0.05) is 28.1 Å². The Hall–Kier alpha value is -3.58. The molecule has 4 rings (SSSR count). The SMILES string of the molecule is O=C(Cn1c(O)c(/C=C2/C=Nc3ccccc32)[nH]c1=O)Nc1ccc(Cl)cc1. The summed E-state index contributed by atoms with van der Waals surface area (Å²) >= 11 is 5.81. The first kappa shape index (κ1) is 17.8. The van der Waals surface area contributed by atoms with E-state index in [9.17, 15) is 14.7 Å². The van der Waals surface area contributed by atoms with Crippen molar-refractivity contribution in [1.82, 2.24) is 9.55 Å². The van der Waals surface area contributed by atoms with Gasteiger partial charge in [0.05, 0.1) is 5.69 Å². The average Bonchev–Trinajstić information content (AvgIpc) is 3.20. The number of anilines is 1. The van der Waals surface area contributed by atoms with Crippen molar-refractivity contribution in [2.45, 2.75) is 6.54 Å². The third kappa shape index (κ3) is 3.47. The fourth-order valence-corrected chi connectivity index (χ4v) is 3.04. The van der Waals surface area contributed by atoms with Crippen molar-refractivity contribution >= 4 is 46.7 Å². The van der Waals surface area contributed by atoms with E-state index >= 15 is 0 Å². The third-order valence-corrected chi connectivity index (χ3v) is 4.52. The molecule has 8 heteroatoms. The number of allylic oxidation sites excluding steroid dienone is 1. The summed E-state index contributed by atoms with van der Waals surface area (Å²) in [6.07, 6.45) is 3.28. The highest BCUT2D eigenvalue weighted by Crippen LogP contribution is 2.32. The predicted octanol–water partition coefficient (Wildman–Crippen LogP) is 3.43. The van der Waals surface area contributed by atoms with Crippen LogP contribution in [-0.2, 0) is 11.3 Å². The Labute approximate surface area is 164 Å². The van der Waals surface area contributed by atoms with Gasteiger partial charge in [-0.15, -0.1) is 0 Å². The summed E-state index contributed by atoms with van der Waals surface area (Å²) in [5.74, 6) is -0.771. The second-order valence-electron chi connectivity index (χ2n) is 6.18. The maximum absolute atomic E-state index is 12.2. The summed E-state index contributed by atoms with van der Waals surface area (Å²) in [6.45, 7) is -0.336. The van der Waals surface area contributed by atoms with Crippen molar-refractivity contribution in [1.29, 1.82) is 0 Å². The van der Waals surface area contributed by atoms with E-state index < -0.39 is 11.6 Å². The van der Waals surface area contributed by atoms with Gasteiger partial charge < -0.3 is 15.4 Å². The monoisotopic (exact) mass is 394 g/mol. The molecule has 0 fully saturated rings. The molecule has 7 nitrogen and oxygen atoms in total. The number of fused-ring (bicyclic) bond motifs is 1. The van der Waals surface area contributed by atoms with Gasteiger partial charge in [-0.3, -0.25) is 14.4 Å². The Bertz CT molecular complexity index is 1170. The zero-order chi connectivity index (χ0) is 19.7. The van der Waals surface area contributed by atoms with Gasteiger partial charge in [-0.1, -0.05) is 29.8 Å². The normalized spacial score (nSPS) is 13.7. The minimum atomic E-state index is -0.584. The van der Waals surface area contributed by atoms with Crippen molar-refractivity contribution in [2.75, 3.05) is 5.32 Å². The van der Waals surface area contributed by atoms with E-state index in [0.29, 0.717) is 10.7 Å². The number of rotatable bonds is 4. The lowest BCUT2D eigenvalue weighted by atomic mass is 10.1. The molecule has 1 aromatic heterocycles. The Morgan fingerprint density at radius 2 is 1.96 bits per heavy atom. The van der Waals surface area contributed by atoms with Crippen molar-refractivity contribution < 1.29 is 9.90 Å². The largest absolute Gasteiger partial charge is 0.493 e. The highest BCUT2D eigenvalue weighted by molar-refractivity contribution is 6.30. The third-order valence-electron chi connectivity index (χ3n) is 4.27. The summed E-state index contributed by atoms with van der Waals surface area (Å²) in [4.78, 5) is 31.3. The number of carbonyl (C=O) groups excluding carboxylic acids is 1. The highest BCUT2D eigenvalue weighted by atomic mass is 35.5. The number of hydrogen-bond donors (Lipinski definition) is 3. The van der Waals surface area contributed by atoms with Crippen LogP contribution in [0.2, 0.25) is 5.02 Å². The molecule has 28 heavy (non-hydrogen) atoms. The fraction of sp³-hybridized carbons (Fsp3) is 0.0500. The van der Waals surface area contributed by atoms with Crippen LogP contribution in [0.25, 0.3) is 11.6 Å². The fourth-order valence-electron chi connectivity index (χ4n) is 2.91. The molecule has 0 spiro atoms. The maximum Gasteiger partial charge on any atom is 0.329 e. The number of H-pyrrole nitrogens is 1. The first-order valence-electron chi connectivity index (χ1n) is 8.43. The topological polar surface area (TPSA) is 99.5 Å². The summed E-state index contributed by atoms with van der Waals surface area (Å²) in [5, 5.41) is 13.6. The molecule has 140 valence electrons. The van der Waals surface area contributed by atoms with Crippen LogP contribution in [0.15, 0.2) is 58.3 Å². The van der Waals surface area contributed by atoms with E-state index in [-0.39, 0.29) is 18.1 Å². The number of halogens is 1. The number of amides is 1. The van der Waals surface area contributed by atoms with Gasteiger partial charge in [0.25, 0.3) is 0 Å². The number of aliphatic imine (C=N–C) groups is 1. The molecule has 0 bridgehead atoms. The minimum absolute atomic E-state index is 0.211. The molecule has 1 aliphatic rings. The summed E-state index contributed by atoms with van der Waals surface area (Å²) in [5.41, 5.74) is 2.64. The number of aromatic nitrogens is 2. The number of aromatic hydroxyl groups is 1. The lowest BCUT2D eigenvalue weighted by molar-refractivity contribution is -0.116. The molecule has 3 N–H and O–H groups in total. The number of para-hydroxylation sites is 1. The zero-order valence-corrected chi connectivity index (χ0v) is 15.3. The van der Waals surface area contributed by atoms with Crippen LogP contribution in [0.4, 0.5) is 11.4 Å². The number of nitrogens with one attached hydrogen (secondary N) is 2. The standard InChI is InChI=1S/C20H15ClN4O3/c21-13-5-7-14(8-6-13)23-18(26)11-25-19(27)17(24-20(25)28)9-12-10-22-16-4-2-1-3-15(12)16/h1-10,27H,11H2,(H,23,26)(H,24,28)/b12-9-. The first-order chi connectivity index (χ1) is 13.5. The van der Waals surface area contributed by atoms with Crippen LogP contribution >= 0.6 is 11.6 Å². The second kappa shape index (κ2) is 7.21. The zero-order valence-electron chi connectivity index (χ0n) is 14.5. The van der Waals surface area contributed by atoms with Crippen LogP contribution in [0.1, 0.15) is 11.3 Å². The van der Waals surface area contributed by atoms with Crippen molar-refractivity contribution in [2.24, 2.45) is 4.99 Å². The van der Waals surface area contributed by atoms with Crippen LogP contribution < -0.4 is 11.0 Å². The number of carbonyl (C=O) groups is 1.